The normalized spacial score (nSPS) is 16.4. The highest BCUT2D eigenvalue weighted by Crippen LogP contribution is 2.27. The first-order valence-corrected chi connectivity index (χ1v) is 11.3. The van der Waals surface area contributed by atoms with E-state index in [4.69, 9.17) is 27.9 Å². The largest absolute Gasteiger partial charge is 0.379 e. The lowest BCUT2D eigenvalue weighted by atomic mass is 10.1. The molecule has 29 heavy (non-hydrogen) atoms. The number of hydrogen-bond donors (Lipinski definition) is 1. The third-order valence-electron chi connectivity index (χ3n) is 4.84. The molecule has 3 rings (SSSR count). The number of sulfonamides is 1. The predicted molar refractivity (Wildman–Crippen MR) is 113 cm³/mol. The van der Waals surface area contributed by atoms with Crippen molar-refractivity contribution in [1.29, 1.82) is 0 Å². The summed E-state index contributed by atoms with van der Waals surface area (Å²) in [7, 11) is -3.69. The molecule has 1 fully saturated rings. The molecule has 1 aliphatic rings. The molecule has 156 valence electrons. The van der Waals surface area contributed by atoms with Crippen molar-refractivity contribution < 1.29 is 17.9 Å². The fraction of sp³-hybridized carbons (Fsp3) is 0.350. The average Bonchev–Trinajstić information content (AvgIpc) is 2.68. The molecule has 2 aromatic rings. The summed E-state index contributed by atoms with van der Waals surface area (Å²) in [5.74, 6) is -0.375. The molecule has 0 saturated carbocycles. The van der Waals surface area contributed by atoms with E-state index in [1.54, 1.807) is 38.1 Å². The van der Waals surface area contributed by atoms with Gasteiger partial charge in [-0.3, -0.25) is 4.79 Å². The van der Waals surface area contributed by atoms with E-state index in [1.165, 1.54) is 16.4 Å². The third-order valence-corrected chi connectivity index (χ3v) is 7.30. The Bertz CT molecular complexity index is 1020. The predicted octanol–water partition coefficient (Wildman–Crippen LogP) is 3.81. The number of nitrogens with zero attached hydrogens (tertiary/aromatic N) is 1. The van der Waals surface area contributed by atoms with E-state index in [0.717, 1.165) is 5.56 Å². The second-order valence-electron chi connectivity index (χ2n) is 6.85. The molecule has 9 heteroatoms. The van der Waals surface area contributed by atoms with Crippen molar-refractivity contribution >= 4 is 39.1 Å². The molecule has 0 bridgehead atoms. The Morgan fingerprint density at radius 3 is 2.48 bits per heavy atom. The summed E-state index contributed by atoms with van der Waals surface area (Å²) in [6.45, 7) is 4.87. The minimum Gasteiger partial charge on any atom is -0.379 e. The molecule has 1 heterocycles. The van der Waals surface area contributed by atoms with Gasteiger partial charge in [0.25, 0.3) is 5.91 Å². The molecule has 1 saturated heterocycles. The van der Waals surface area contributed by atoms with Crippen molar-refractivity contribution in [3.05, 3.63) is 63.1 Å². The van der Waals surface area contributed by atoms with Crippen LogP contribution < -0.4 is 5.32 Å². The summed E-state index contributed by atoms with van der Waals surface area (Å²) in [6, 6.07) is 9.27. The number of carbonyl (C=O) groups is 1. The molecule has 0 aliphatic carbocycles. The Labute approximate surface area is 180 Å². The van der Waals surface area contributed by atoms with E-state index in [9.17, 15) is 13.2 Å². The second kappa shape index (κ2) is 9.02. The Hall–Kier alpha value is -1.64. The maximum Gasteiger partial charge on any atom is 0.252 e. The van der Waals surface area contributed by atoms with Gasteiger partial charge < -0.3 is 10.1 Å². The van der Waals surface area contributed by atoms with Crippen molar-refractivity contribution in [2.75, 3.05) is 26.3 Å². The number of nitrogens with one attached hydrogen (secondary N) is 1. The zero-order valence-corrected chi connectivity index (χ0v) is 18.4. The number of aryl methyl sites for hydroxylation is 1. The lowest BCUT2D eigenvalue weighted by Gasteiger charge is -2.26. The summed E-state index contributed by atoms with van der Waals surface area (Å²) in [6.07, 6.45) is 0. The Morgan fingerprint density at radius 2 is 1.83 bits per heavy atom. The van der Waals surface area contributed by atoms with Crippen LogP contribution in [0.25, 0.3) is 0 Å². The van der Waals surface area contributed by atoms with Gasteiger partial charge >= 0.3 is 0 Å². The van der Waals surface area contributed by atoms with Crippen molar-refractivity contribution in [3.63, 3.8) is 0 Å². The molecule has 2 aromatic carbocycles. The molecule has 0 spiro atoms. The summed E-state index contributed by atoms with van der Waals surface area (Å²) in [5.41, 5.74) is 1.70. The second-order valence-corrected chi connectivity index (χ2v) is 9.64. The molecule has 0 unspecified atom stereocenters. The Morgan fingerprint density at radius 1 is 1.14 bits per heavy atom. The van der Waals surface area contributed by atoms with Crippen LogP contribution in [0.15, 0.2) is 41.3 Å². The van der Waals surface area contributed by atoms with E-state index >= 15 is 0 Å². The summed E-state index contributed by atoms with van der Waals surface area (Å²) in [5, 5.41) is 3.84. The Balaban J connectivity index is 1.84. The fourth-order valence-corrected chi connectivity index (χ4v) is 5.15. The van der Waals surface area contributed by atoms with E-state index in [-0.39, 0.29) is 16.8 Å². The van der Waals surface area contributed by atoms with E-state index < -0.39 is 10.0 Å². The van der Waals surface area contributed by atoms with Crippen LogP contribution in [0, 0.1) is 6.92 Å². The van der Waals surface area contributed by atoms with Crippen LogP contribution >= 0.6 is 23.2 Å². The number of ether oxygens (including phenoxy) is 1. The number of rotatable bonds is 5. The van der Waals surface area contributed by atoms with Gasteiger partial charge in [-0.25, -0.2) is 8.42 Å². The first-order chi connectivity index (χ1) is 13.7. The van der Waals surface area contributed by atoms with Crippen LogP contribution in [0.5, 0.6) is 0 Å². The van der Waals surface area contributed by atoms with Crippen molar-refractivity contribution in [2.24, 2.45) is 0 Å². The first kappa shape index (κ1) is 22.1. The van der Waals surface area contributed by atoms with Gasteiger partial charge in [-0.1, -0.05) is 35.3 Å². The number of hydrogen-bond acceptors (Lipinski definition) is 4. The van der Waals surface area contributed by atoms with Gasteiger partial charge in [0.05, 0.1) is 24.2 Å². The number of benzene rings is 2. The van der Waals surface area contributed by atoms with Gasteiger partial charge in [0.15, 0.2) is 0 Å². The Kier molecular flexibility index (Phi) is 6.86. The SMILES string of the molecule is Cc1ccc(S(=O)(=O)N2CCOCC2)cc1C(=O)N[C@@H](C)c1ccc(Cl)cc1Cl. The molecular weight excluding hydrogens is 435 g/mol. The quantitative estimate of drug-likeness (QED) is 0.741. The molecule has 1 aliphatic heterocycles. The van der Waals surface area contributed by atoms with Crippen LogP contribution in [0.2, 0.25) is 10.0 Å². The topological polar surface area (TPSA) is 75.7 Å². The van der Waals surface area contributed by atoms with E-state index in [1.807, 2.05) is 0 Å². The molecule has 1 atom stereocenters. The average molecular weight is 457 g/mol. The van der Waals surface area contributed by atoms with Crippen LogP contribution in [-0.2, 0) is 14.8 Å². The van der Waals surface area contributed by atoms with Crippen molar-refractivity contribution in [2.45, 2.75) is 24.8 Å². The highest BCUT2D eigenvalue weighted by Gasteiger charge is 2.27. The monoisotopic (exact) mass is 456 g/mol. The van der Waals surface area contributed by atoms with Crippen LogP contribution in [-0.4, -0.2) is 44.9 Å². The van der Waals surface area contributed by atoms with E-state index in [0.29, 0.717) is 47.5 Å². The van der Waals surface area contributed by atoms with Gasteiger partial charge in [0.1, 0.15) is 0 Å². The maximum absolute atomic E-state index is 12.9. The van der Waals surface area contributed by atoms with Crippen molar-refractivity contribution in [3.8, 4) is 0 Å². The molecule has 1 N–H and O–H groups in total. The lowest BCUT2D eigenvalue weighted by molar-refractivity contribution is 0.0730. The lowest BCUT2D eigenvalue weighted by Crippen LogP contribution is -2.40. The minimum absolute atomic E-state index is 0.0901. The molecule has 1 amide bonds. The fourth-order valence-electron chi connectivity index (χ4n) is 3.15. The van der Waals surface area contributed by atoms with Crippen LogP contribution in [0.3, 0.4) is 0 Å². The number of morpholine rings is 1. The van der Waals surface area contributed by atoms with Gasteiger partial charge in [-0.05, 0) is 49.2 Å². The number of halogens is 2. The molecule has 0 aromatic heterocycles. The molecule has 6 nitrogen and oxygen atoms in total. The summed E-state index contributed by atoms with van der Waals surface area (Å²) < 4.78 is 32.4. The van der Waals surface area contributed by atoms with Gasteiger partial charge in [0.2, 0.25) is 10.0 Å². The minimum atomic E-state index is -3.69. The van der Waals surface area contributed by atoms with E-state index in [2.05, 4.69) is 5.32 Å². The maximum atomic E-state index is 12.9. The smallest absolute Gasteiger partial charge is 0.252 e. The van der Waals surface area contributed by atoms with Gasteiger partial charge in [-0.15, -0.1) is 0 Å². The zero-order valence-electron chi connectivity index (χ0n) is 16.1. The molecule has 0 radical (unpaired) electrons. The summed E-state index contributed by atoms with van der Waals surface area (Å²) >= 11 is 12.2. The number of carbonyl (C=O) groups excluding carboxylic acids is 1. The van der Waals surface area contributed by atoms with Gasteiger partial charge in [0, 0.05) is 28.7 Å². The first-order valence-electron chi connectivity index (χ1n) is 9.14. The summed E-state index contributed by atoms with van der Waals surface area (Å²) in [4.78, 5) is 13.0. The van der Waals surface area contributed by atoms with Crippen molar-refractivity contribution in [1.82, 2.24) is 9.62 Å². The van der Waals surface area contributed by atoms with Gasteiger partial charge in [-0.2, -0.15) is 4.31 Å². The highest BCUT2D eigenvalue weighted by atomic mass is 35.5. The van der Waals surface area contributed by atoms with Crippen LogP contribution in [0.4, 0.5) is 0 Å². The number of amides is 1. The standard InChI is InChI=1S/C20H22Cl2N2O4S/c1-13-3-5-16(29(26,27)24-7-9-28-10-8-24)12-18(13)20(25)23-14(2)17-6-4-15(21)11-19(17)22/h3-6,11-12,14H,7-10H2,1-2H3,(H,23,25)/t14-/m0/s1. The zero-order chi connectivity index (χ0) is 21.2. The molecular formula is C20H22Cl2N2O4S. The highest BCUT2D eigenvalue weighted by molar-refractivity contribution is 7.89. The van der Waals surface area contributed by atoms with Crippen LogP contribution in [0.1, 0.15) is 34.5 Å². The third kappa shape index (κ3) is 4.92.